The topological polar surface area (TPSA) is 241 Å². The molecule has 410 valence electrons. The van der Waals surface area contributed by atoms with E-state index in [4.69, 9.17) is 53.6 Å². The van der Waals surface area contributed by atoms with Gasteiger partial charge in [0.1, 0.15) is 18.0 Å². The number of unbranched alkanes of at least 4 members (excludes halogenated alkanes) is 3. The molecule has 2 aromatic heterocycles. The van der Waals surface area contributed by atoms with E-state index < -0.39 is 60.0 Å². The Balaban J connectivity index is 1.03. The molecule has 20 heteroatoms. The quantitative estimate of drug-likeness (QED) is 0.0481. The molecule has 6 N–H and O–H groups in total. The summed E-state index contributed by atoms with van der Waals surface area (Å²) in [6.07, 6.45) is 13.1. The van der Waals surface area contributed by atoms with E-state index in [1.807, 2.05) is 22.7 Å². The molecule has 1 fully saturated rings. The van der Waals surface area contributed by atoms with Gasteiger partial charge in [-0.05, 0) is 95.4 Å². The van der Waals surface area contributed by atoms with Gasteiger partial charge in [-0.15, -0.1) is 0 Å². The molecule has 1 aliphatic carbocycles. The second-order valence-electron chi connectivity index (χ2n) is 19.9. The van der Waals surface area contributed by atoms with Crippen molar-refractivity contribution >= 4 is 58.5 Å². The van der Waals surface area contributed by atoms with Gasteiger partial charge in [-0.2, -0.15) is 5.10 Å². The number of nitrogens with two attached hydrogens (primary N) is 2. The smallest absolute Gasteiger partial charge is 0.405 e. The first-order valence-corrected chi connectivity index (χ1v) is 26.4. The van der Waals surface area contributed by atoms with Crippen LogP contribution in [-0.2, 0) is 33.4 Å². The van der Waals surface area contributed by atoms with Crippen LogP contribution in [0.2, 0.25) is 10.0 Å². The number of nitrogens with one attached hydrogen (secondary N) is 1. The number of carbonyl (C=O) groups excluding carboxylic acids is 5. The van der Waals surface area contributed by atoms with Gasteiger partial charge < -0.3 is 45.7 Å². The van der Waals surface area contributed by atoms with Crippen LogP contribution in [0.1, 0.15) is 117 Å². The molecular formula is C56H70Cl2FN7O10. The molecule has 1 aromatic carbocycles. The third-order valence-corrected chi connectivity index (χ3v) is 15.0. The van der Waals surface area contributed by atoms with Crippen molar-refractivity contribution in [3.63, 3.8) is 0 Å². The molecular weight excluding hydrogens is 1020 g/mol. The lowest BCUT2D eigenvalue weighted by Gasteiger charge is -2.32. The predicted molar refractivity (Wildman–Crippen MR) is 287 cm³/mol. The van der Waals surface area contributed by atoms with Crippen LogP contribution in [0.25, 0.3) is 11.1 Å². The Morgan fingerprint density at radius 2 is 1.74 bits per heavy atom. The number of allylic oxidation sites excluding steroid dienone is 5. The van der Waals surface area contributed by atoms with Crippen molar-refractivity contribution in [2.24, 2.45) is 17.6 Å². The van der Waals surface area contributed by atoms with E-state index in [-0.39, 0.29) is 63.0 Å². The number of halogens is 3. The Labute approximate surface area is 453 Å². The lowest BCUT2D eigenvalue weighted by Crippen LogP contribution is -2.39. The number of likely N-dealkylation sites (tertiary alicyclic amines) is 1. The molecule has 0 spiro atoms. The maximum absolute atomic E-state index is 14.2. The number of piperidine rings is 1. The summed E-state index contributed by atoms with van der Waals surface area (Å²) in [5.74, 6) is -2.23. The fraction of sp³-hybridized carbons (Fsp3) is 0.482. The molecule has 3 aromatic rings. The van der Waals surface area contributed by atoms with Gasteiger partial charge in [-0.1, -0.05) is 74.2 Å². The lowest BCUT2D eigenvalue weighted by atomic mass is 9.82. The lowest BCUT2D eigenvalue weighted by molar-refractivity contribution is -0.132. The number of methoxy groups -OCH3 is 2. The number of ketones is 2. The maximum atomic E-state index is 14.2. The van der Waals surface area contributed by atoms with E-state index >= 15 is 0 Å². The van der Waals surface area contributed by atoms with Crippen molar-refractivity contribution in [3.05, 3.63) is 117 Å². The molecule has 17 nitrogen and oxygen atoms in total. The molecule has 76 heavy (non-hydrogen) atoms. The third-order valence-electron chi connectivity index (χ3n) is 14.3. The number of ether oxygens (including phenoxy) is 4. The highest BCUT2D eigenvalue weighted by Gasteiger charge is 2.34. The van der Waals surface area contributed by atoms with E-state index in [9.17, 15) is 33.5 Å². The van der Waals surface area contributed by atoms with Crippen molar-refractivity contribution in [2.45, 2.75) is 135 Å². The summed E-state index contributed by atoms with van der Waals surface area (Å²) >= 11 is 12.5. The molecule has 3 amide bonds. The molecule has 4 heterocycles. The second-order valence-corrected chi connectivity index (χ2v) is 20.7. The van der Waals surface area contributed by atoms with Crippen LogP contribution in [0.3, 0.4) is 0 Å². The van der Waals surface area contributed by atoms with Gasteiger partial charge in [0.2, 0.25) is 11.7 Å². The first kappa shape index (κ1) is 59.1. The van der Waals surface area contributed by atoms with Gasteiger partial charge in [0.25, 0.3) is 5.91 Å². The van der Waals surface area contributed by atoms with Gasteiger partial charge in [0, 0.05) is 96.5 Å². The number of nitrogen functional groups attached to an aromatic ring is 1. The number of carbonyl (C=O) groups is 5. The van der Waals surface area contributed by atoms with Gasteiger partial charge in [0.05, 0.1) is 35.2 Å². The normalized spacial score (nSPS) is 24.7. The number of aliphatic hydroxyl groups excluding tert-OH is 1. The Morgan fingerprint density at radius 1 is 1.01 bits per heavy atom. The SMILES string of the molecule is CO[C@H]1/C=C\C=C(/C)C(=O)NC2=CC(=O)C(CCCCCCC(=O)N3CCC(n4cc(-c5cnc(N)c(OC(C)c6c(Cl)ccc(F)c6Cl)c5)cn4)CC3)=C(C[C@@H](C)C[C@H](OC)[C@@H](O)[C@@H](C)/C=C(\C)[C@@H]1OC(N)=O)C2=O. The van der Waals surface area contributed by atoms with E-state index in [2.05, 4.69) is 15.4 Å². The Kier molecular flexibility index (Phi) is 21.2. The van der Waals surface area contributed by atoms with Crippen molar-refractivity contribution in [1.29, 1.82) is 0 Å². The number of amides is 3. The van der Waals surface area contributed by atoms with E-state index in [0.29, 0.717) is 73.0 Å². The largest absolute Gasteiger partial charge is 0.482 e. The highest BCUT2D eigenvalue weighted by atomic mass is 35.5. The molecule has 1 unspecified atom stereocenters. The number of primary amides is 1. The summed E-state index contributed by atoms with van der Waals surface area (Å²) < 4.78 is 39.1. The first-order valence-electron chi connectivity index (χ1n) is 25.7. The van der Waals surface area contributed by atoms with Crippen LogP contribution >= 0.6 is 23.2 Å². The third kappa shape index (κ3) is 15.1. The molecule has 0 saturated carbocycles. The van der Waals surface area contributed by atoms with Crippen LogP contribution in [0, 0.1) is 17.7 Å². The summed E-state index contributed by atoms with van der Waals surface area (Å²) in [6, 6.07) is 4.42. The summed E-state index contributed by atoms with van der Waals surface area (Å²) in [4.78, 5) is 73.0. The standard InChI is InChI=1S/C56H70Cl2FN7O10/c1-31-23-40-39(44(67)27-43(52(40)70)64-55(71)32(2)13-12-15-45(73-6)53(76-56(61)72)34(4)25-33(3)51(69)46(24-31)74-7)14-10-8-9-11-16-48(68)65-21-19-38(20-22-65)66-30-37(29-63-66)36-26-47(54(60)62-28-36)75-35(5)49-41(57)17-18-42(59)50(49)58/h12-13,15,17-18,25-31,33,35,38,45-46,51,53,69H,8-11,14,16,19-24H2,1-7H3,(H2,60,62)(H2,61,72)(H,64,71)/b15-12-,32-13+,34-25+/t31-,33+,35?,45+,46+,51+,53+/m1/s1. The highest BCUT2D eigenvalue weighted by molar-refractivity contribution is 6.36. The van der Waals surface area contributed by atoms with Crippen molar-refractivity contribution in [1.82, 2.24) is 25.0 Å². The monoisotopic (exact) mass is 1090 g/mol. The zero-order chi connectivity index (χ0) is 55.4. The maximum Gasteiger partial charge on any atom is 0.405 e. The van der Waals surface area contributed by atoms with Crippen LogP contribution < -0.4 is 21.5 Å². The number of hydrogen-bond donors (Lipinski definition) is 4. The Hall–Kier alpha value is -6.18. The summed E-state index contributed by atoms with van der Waals surface area (Å²) in [7, 11) is 2.93. The van der Waals surface area contributed by atoms with Crippen LogP contribution in [0.5, 0.6) is 5.75 Å². The van der Waals surface area contributed by atoms with E-state index in [1.165, 1.54) is 38.5 Å². The van der Waals surface area contributed by atoms with Gasteiger partial charge in [-0.3, -0.25) is 23.9 Å². The number of rotatable bonds is 15. The van der Waals surface area contributed by atoms with Crippen molar-refractivity contribution < 1.29 is 52.4 Å². The zero-order valence-electron chi connectivity index (χ0n) is 44.2. The molecule has 6 rings (SSSR count). The highest BCUT2D eigenvalue weighted by Crippen LogP contribution is 2.38. The van der Waals surface area contributed by atoms with Gasteiger partial charge in [0.15, 0.2) is 23.5 Å². The van der Waals surface area contributed by atoms with Crippen LogP contribution in [0.15, 0.2) is 95.2 Å². The summed E-state index contributed by atoms with van der Waals surface area (Å²) in [5, 5.41) is 18.9. The predicted octanol–water partition coefficient (Wildman–Crippen LogP) is 9.44. The average molecular weight is 1090 g/mol. The van der Waals surface area contributed by atoms with Crippen LogP contribution in [0.4, 0.5) is 15.0 Å². The fourth-order valence-electron chi connectivity index (χ4n) is 9.95. The zero-order valence-corrected chi connectivity index (χ0v) is 45.7. The van der Waals surface area contributed by atoms with Crippen molar-refractivity contribution in [2.75, 3.05) is 33.0 Å². The number of benzene rings is 1. The number of fused-ring (bicyclic) bond motifs is 2. The minimum absolute atomic E-state index is 0.0765. The summed E-state index contributed by atoms with van der Waals surface area (Å²) in [5.41, 5.74) is 14.8. The minimum Gasteiger partial charge on any atom is -0.482 e. The molecule has 7 atom stereocenters. The number of aromatic nitrogens is 3. The van der Waals surface area contributed by atoms with Gasteiger partial charge >= 0.3 is 6.09 Å². The number of Topliss-reactive ketones (excluding diaryl/α,β-unsaturated/α-hetero) is 1. The Morgan fingerprint density at radius 3 is 2.43 bits per heavy atom. The minimum atomic E-state index is -1.02. The molecule has 2 aliphatic heterocycles. The molecule has 2 bridgehead atoms. The number of nitrogens with zero attached hydrogens (tertiary/aromatic N) is 4. The Bertz CT molecular complexity index is 2780. The molecule has 0 radical (unpaired) electrons. The van der Waals surface area contributed by atoms with Gasteiger partial charge in [-0.25, -0.2) is 14.2 Å². The van der Waals surface area contributed by atoms with Crippen LogP contribution in [-0.4, -0.2) is 106 Å². The second kappa shape index (κ2) is 27.2. The molecule has 3 aliphatic rings. The number of anilines is 1. The molecule has 1 saturated heterocycles. The number of aliphatic hydroxyl groups is 1. The van der Waals surface area contributed by atoms with E-state index in [1.54, 1.807) is 64.4 Å². The number of hydrogen-bond acceptors (Lipinski definition) is 13. The first-order chi connectivity index (χ1) is 36.2. The van der Waals surface area contributed by atoms with Crippen molar-refractivity contribution in [3.8, 4) is 16.9 Å². The van der Waals surface area contributed by atoms with E-state index in [0.717, 1.165) is 31.2 Å². The summed E-state index contributed by atoms with van der Waals surface area (Å²) in [6.45, 7) is 9.87. The average Bonchev–Trinajstić information content (AvgIpc) is 3.89. The number of pyridine rings is 1. The fourth-order valence-corrected chi connectivity index (χ4v) is 10.6.